The molecule has 2 aromatic rings. The first-order valence-corrected chi connectivity index (χ1v) is 10.5. The number of fused-ring (bicyclic) bond motifs is 1. The summed E-state index contributed by atoms with van der Waals surface area (Å²) >= 11 is 5.89. The molecule has 3 aliphatic rings. The average Bonchev–Trinajstić information content (AvgIpc) is 3.58. The molecule has 0 spiro atoms. The molecule has 5 rings (SSSR count). The van der Waals surface area contributed by atoms with Crippen molar-refractivity contribution in [2.75, 3.05) is 7.11 Å². The lowest BCUT2D eigenvalue weighted by molar-refractivity contribution is -0.143. The van der Waals surface area contributed by atoms with Crippen molar-refractivity contribution in [1.29, 1.82) is 0 Å². The van der Waals surface area contributed by atoms with Crippen molar-refractivity contribution < 1.29 is 14.3 Å². The van der Waals surface area contributed by atoms with Crippen LogP contribution in [0.15, 0.2) is 30.5 Å². The van der Waals surface area contributed by atoms with Crippen molar-refractivity contribution in [2.45, 2.75) is 43.7 Å². The summed E-state index contributed by atoms with van der Waals surface area (Å²) < 4.78 is 6.98. The van der Waals surface area contributed by atoms with Gasteiger partial charge in [-0.25, -0.2) is 9.48 Å². The molecular formula is C21H23ClN4O3. The number of carbonyl (C=O) groups is 2. The summed E-state index contributed by atoms with van der Waals surface area (Å²) in [5.41, 5.74) is 1.58. The maximum Gasteiger partial charge on any atom is 0.328 e. The molecule has 0 saturated heterocycles. The molecule has 3 fully saturated rings. The molecule has 0 bridgehead atoms. The van der Waals surface area contributed by atoms with Crippen LogP contribution in [-0.2, 0) is 9.53 Å². The Hall–Kier alpha value is -2.41. The van der Waals surface area contributed by atoms with Gasteiger partial charge in [0, 0.05) is 22.7 Å². The Morgan fingerprint density at radius 1 is 1.21 bits per heavy atom. The molecule has 1 heterocycles. The minimum absolute atomic E-state index is 0.112. The Kier molecular flexibility index (Phi) is 4.57. The van der Waals surface area contributed by atoms with Crippen molar-refractivity contribution in [1.82, 2.24) is 20.3 Å². The lowest BCUT2D eigenvalue weighted by atomic mass is 10.0. The van der Waals surface area contributed by atoms with Crippen LogP contribution in [0.5, 0.6) is 0 Å². The van der Waals surface area contributed by atoms with Crippen LogP contribution in [0.1, 0.15) is 53.7 Å². The highest BCUT2D eigenvalue weighted by atomic mass is 35.5. The second kappa shape index (κ2) is 7.13. The molecule has 1 N–H and O–H groups in total. The predicted molar refractivity (Wildman–Crippen MR) is 105 cm³/mol. The van der Waals surface area contributed by atoms with Crippen LogP contribution >= 0.6 is 11.6 Å². The van der Waals surface area contributed by atoms with Gasteiger partial charge in [0.25, 0.3) is 5.91 Å². The second-order valence-electron chi connectivity index (χ2n) is 8.41. The standard InChI is InChI=1S/C21H23ClN4O3/c1-29-21(28)19(23-20(27)12-4-6-13(22)7-5-12)18-15-8-14(9-16(15)18)26-10-17(24-25-26)11-2-3-11/h4-7,10-11,14-16,18-19H,2-3,8-9H2,1H3,(H,23,27). The molecule has 1 amide bonds. The van der Waals surface area contributed by atoms with Gasteiger partial charge in [-0.2, -0.15) is 0 Å². The van der Waals surface area contributed by atoms with E-state index in [1.54, 1.807) is 24.3 Å². The molecule has 29 heavy (non-hydrogen) atoms. The number of nitrogens with one attached hydrogen (secondary N) is 1. The van der Waals surface area contributed by atoms with Crippen LogP contribution < -0.4 is 5.32 Å². The highest BCUT2D eigenvalue weighted by Crippen LogP contribution is 2.62. The first-order chi connectivity index (χ1) is 14.0. The van der Waals surface area contributed by atoms with Gasteiger partial charge in [-0.1, -0.05) is 16.8 Å². The van der Waals surface area contributed by atoms with Gasteiger partial charge in [-0.05, 0) is 67.7 Å². The molecule has 3 atom stereocenters. The van der Waals surface area contributed by atoms with E-state index in [4.69, 9.17) is 16.3 Å². The zero-order chi connectivity index (χ0) is 20.1. The predicted octanol–water partition coefficient (Wildman–Crippen LogP) is 2.98. The number of nitrogens with zero attached hydrogens (tertiary/aromatic N) is 3. The van der Waals surface area contributed by atoms with Crippen molar-refractivity contribution in [3.05, 3.63) is 46.7 Å². The van der Waals surface area contributed by atoms with Crippen LogP contribution in [0.25, 0.3) is 0 Å². The number of ether oxygens (including phenoxy) is 1. The van der Waals surface area contributed by atoms with Crippen LogP contribution in [0, 0.1) is 17.8 Å². The third-order valence-electron chi connectivity index (χ3n) is 6.62. The van der Waals surface area contributed by atoms with Crippen LogP contribution in [0.3, 0.4) is 0 Å². The maximum absolute atomic E-state index is 12.6. The van der Waals surface area contributed by atoms with E-state index in [2.05, 4.69) is 21.8 Å². The molecule has 0 aliphatic heterocycles. The Balaban J connectivity index is 1.24. The normalized spacial score (nSPS) is 28.5. The molecule has 1 aromatic heterocycles. The minimum Gasteiger partial charge on any atom is -0.467 e. The maximum atomic E-state index is 12.6. The van der Waals surface area contributed by atoms with Crippen LogP contribution in [-0.4, -0.2) is 40.0 Å². The highest BCUT2D eigenvalue weighted by molar-refractivity contribution is 6.30. The van der Waals surface area contributed by atoms with Crippen molar-refractivity contribution >= 4 is 23.5 Å². The fourth-order valence-electron chi connectivity index (χ4n) is 4.87. The Morgan fingerprint density at radius 2 is 1.90 bits per heavy atom. The number of hydrogen-bond acceptors (Lipinski definition) is 5. The van der Waals surface area contributed by atoms with E-state index < -0.39 is 6.04 Å². The van der Waals surface area contributed by atoms with Gasteiger partial charge in [0.15, 0.2) is 0 Å². The molecule has 3 unspecified atom stereocenters. The van der Waals surface area contributed by atoms with Crippen molar-refractivity contribution in [3.63, 3.8) is 0 Å². The van der Waals surface area contributed by atoms with E-state index in [-0.39, 0.29) is 17.8 Å². The zero-order valence-corrected chi connectivity index (χ0v) is 16.9. The lowest BCUT2D eigenvalue weighted by Gasteiger charge is -2.21. The van der Waals surface area contributed by atoms with E-state index in [1.165, 1.54) is 20.0 Å². The summed E-state index contributed by atoms with van der Waals surface area (Å²) in [5, 5.41) is 12.1. The third kappa shape index (κ3) is 3.52. The number of rotatable bonds is 6. The highest BCUT2D eigenvalue weighted by Gasteiger charge is 2.61. The van der Waals surface area contributed by atoms with Gasteiger partial charge in [-0.3, -0.25) is 4.79 Å². The summed E-state index contributed by atoms with van der Waals surface area (Å²) in [5.74, 6) is 0.816. The molecule has 7 nitrogen and oxygen atoms in total. The number of carbonyl (C=O) groups excluding carboxylic acids is 2. The van der Waals surface area contributed by atoms with Crippen molar-refractivity contribution in [2.24, 2.45) is 17.8 Å². The SMILES string of the molecule is COC(=O)C(NC(=O)c1ccc(Cl)cc1)C1C2CC(n3cc(C4CC4)nn3)CC21. The van der Waals surface area contributed by atoms with Gasteiger partial charge < -0.3 is 10.1 Å². The molecule has 0 radical (unpaired) electrons. The molecule has 152 valence electrons. The number of methoxy groups -OCH3 is 1. The van der Waals surface area contributed by atoms with Gasteiger partial charge in [-0.15, -0.1) is 5.10 Å². The van der Waals surface area contributed by atoms with E-state index in [9.17, 15) is 9.59 Å². The molecular weight excluding hydrogens is 392 g/mol. The van der Waals surface area contributed by atoms with E-state index in [0.717, 1.165) is 18.5 Å². The summed E-state index contributed by atoms with van der Waals surface area (Å²) in [7, 11) is 1.36. The van der Waals surface area contributed by atoms with Gasteiger partial charge in [0.05, 0.1) is 18.8 Å². The second-order valence-corrected chi connectivity index (χ2v) is 8.85. The van der Waals surface area contributed by atoms with Gasteiger partial charge in [0.2, 0.25) is 0 Å². The van der Waals surface area contributed by atoms with E-state index >= 15 is 0 Å². The number of amides is 1. The Morgan fingerprint density at radius 3 is 2.52 bits per heavy atom. The largest absolute Gasteiger partial charge is 0.467 e. The molecule has 3 aliphatic carbocycles. The smallest absolute Gasteiger partial charge is 0.328 e. The number of halogens is 1. The summed E-state index contributed by atoms with van der Waals surface area (Å²) in [4.78, 5) is 25.0. The van der Waals surface area contributed by atoms with Crippen LogP contribution in [0.2, 0.25) is 5.02 Å². The molecule has 8 heteroatoms. The summed E-state index contributed by atoms with van der Waals surface area (Å²) in [6.07, 6.45) is 6.41. The van der Waals surface area contributed by atoms with Crippen molar-refractivity contribution in [3.8, 4) is 0 Å². The number of hydrogen-bond donors (Lipinski definition) is 1. The Bertz CT molecular complexity index is 928. The summed E-state index contributed by atoms with van der Waals surface area (Å²) in [6.45, 7) is 0. The first-order valence-electron chi connectivity index (χ1n) is 10.1. The van der Waals surface area contributed by atoms with Gasteiger partial charge >= 0.3 is 5.97 Å². The van der Waals surface area contributed by atoms with E-state index in [0.29, 0.717) is 34.4 Å². The quantitative estimate of drug-likeness (QED) is 0.734. The number of esters is 1. The lowest BCUT2D eigenvalue weighted by Crippen LogP contribution is -2.44. The third-order valence-corrected chi connectivity index (χ3v) is 6.87. The fourth-order valence-corrected chi connectivity index (χ4v) is 5.00. The molecule has 1 aromatic carbocycles. The average molecular weight is 415 g/mol. The fraction of sp³-hybridized carbons (Fsp3) is 0.524. The first kappa shape index (κ1) is 18.6. The summed E-state index contributed by atoms with van der Waals surface area (Å²) in [6, 6.07) is 6.32. The zero-order valence-electron chi connectivity index (χ0n) is 16.1. The Labute approximate surface area is 173 Å². The minimum atomic E-state index is -0.628. The number of aromatic nitrogens is 3. The number of benzene rings is 1. The topological polar surface area (TPSA) is 86.1 Å². The molecule has 3 saturated carbocycles. The monoisotopic (exact) mass is 414 g/mol. The van der Waals surface area contributed by atoms with Gasteiger partial charge in [0.1, 0.15) is 6.04 Å². The van der Waals surface area contributed by atoms with E-state index in [1.807, 2.05) is 4.68 Å². The van der Waals surface area contributed by atoms with Crippen LogP contribution in [0.4, 0.5) is 0 Å².